The summed E-state index contributed by atoms with van der Waals surface area (Å²) in [6, 6.07) is 7.67. The van der Waals surface area contributed by atoms with Crippen LogP contribution in [0.2, 0.25) is 0 Å². The van der Waals surface area contributed by atoms with Gasteiger partial charge in [0.15, 0.2) is 11.7 Å². The van der Waals surface area contributed by atoms with Crippen LogP contribution in [0.25, 0.3) is 0 Å². The molecule has 2 rings (SSSR count). The van der Waals surface area contributed by atoms with Gasteiger partial charge in [-0.25, -0.2) is 4.99 Å². The Hall–Kier alpha value is -1.97. The molecule has 0 aliphatic rings. The van der Waals surface area contributed by atoms with E-state index in [0.717, 1.165) is 35.1 Å². The number of ether oxygens (including phenoxy) is 2. The minimum atomic E-state index is 0. The molecular weight excluding hydrogens is 459 g/mol. The summed E-state index contributed by atoms with van der Waals surface area (Å²) >= 11 is 0. The second kappa shape index (κ2) is 11.7. The van der Waals surface area contributed by atoms with Crippen molar-refractivity contribution in [3.05, 3.63) is 41.3 Å². The highest BCUT2D eigenvalue weighted by molar-refractivity contribution is 14.0. The van der Waals surface area contributed by atoms with E-state index in [-0.39, 0.29) is 24.0 Å². The van der Waals surface area contributed by atoms with Crippen molar-refractivity contribution < 1.29 is 14.0 Å². The molecule has 0 spiro atoms. The molecule has 2 aromatic rings. The lowest BCUT2D eigenvalue weighted by Gasteiger charge is -2.12. The lowest BCUT2D eigenvalue weighted by atomic mass is 10.1. The average Bonchev–Trinajstić information content (AvgIpc) is 3.13. The highest BCUT2D eigenvalue weighted by Gasteiger charge is 2.09. The molecule has 0 aliphatic heterocycles. The second-order valence-corrected chi connectivity index (χ2v) is 6.10. The molecule has 27 heavy (non-hydrogen) atoms. The molecule has 0 radical (unpaired) electrons. The fraction of sp³-hybridized carbons (Fsp3) is 0.474. The number of aromatic nitrogens is 1. The van der Waals surface area contributed by atoms with E-state index in [1.165, 1.54) is 0 Å². The quantitative estimate of drug-likeness (QED) is 0.335. The Morgan fingerprint density at radius 3 is 2.56 bits per heavy atom. The largest absolute Gasteiger partial charge is 0.497 e. The van der Waals surface area contributed by atoms with Crippen LogP contribution >= 0.6 is 24.0 Å². The van der Waals surface area contributed by atoms with Crippen molar-refractivity contribution in [3.63, 3.8) is 0 Å². The van der Waals surface area contributed by atoms with Crippen LogP contribution in [0.5, 0.6) is 11.5 Å². The van der Waals surface area contributed by atoms with E-state index in [4.69, 9.17) is 14.0 Å². The molecule has 7 nitrogen and oxygen atoms in total. The van der Waals surface area contributed by atoms with Gasteiger partial charge in [-0.3, -0.25) is 0 Å². The minimum Gasteiger partial charge on any atom is -0.497 e. The maximum atomic E-state index is 5.42. The molecule has 0 amide bonds. The van der Waals surface area contributed by atoms with Crippen molar-refractivity contribution in [2.24, 2.45) is 4.99 Å². The molecule has 0 bridgehead atoms. The van der Waals surface area contributed by atoms with Crippen LogP contribution in [-0.4, -0.2) is 31.9 Å². The number of benzene rings is 1. The summed E-state index contributed by atoms with van der Waals surface area (Å²) in [5.74, 6) is 3.33. The summed E-state index contributed by atoms with van der Waals surface area (Å²) < 4.78 is 16.0. The third kappa shape index (κ3) is 6.93. The third-order valence-electron chi connectivity index (χ3n) is 3.84. The summed E-state index contributed by atoms with van der Waals surface area (Å²) in [6.45, 7) is 7.96. The Kier molecular flexibility index (Phi) is 9.98. The number of aliphatic imine (C=N–C) groups is 1. The van der Waals surface area contributed by atoms with Crippen molar-refractivity contribution in [1.82, 2.24) is 15.8 Å². The predicted octanol–water partition coefficient (Wildman–Crippen LogP) is 3.69. The van der Waals surface area contributed by atoms with Crippen molar-refractivity contribution in [1.29, 1.82) is 0 Å². The molecule has 1 aromatic carbocycles. The van der Waals surface area contributed by atoms with Gasteiger partial charge < -0.3 is 24.6 Å². The average molecular weight is 488 g/mol. The molecule has 0 atom stereocenters. The Morgan fingerprint density at radius 2 is 1.96 bits per heavy atom. The molecule has 1 heterocycles. The summed E-state index contributed by atoms with van der Waals surface area (Å²) in [5, 5.41) is 10.6. The topological polar surface area (TPSA) is 80.9 Å². The normalized spacial score (nSPS) is 11.1. The zero-order valence-electron chi connectivity index (χ0n) is 16.5. The lowest BCUT2D eigenvalue weighted by Crippen LogP contribution is -2.36. The van der Waals surface area contributed by atoms with Crippen LogP contribution in [0.15, 0.2) is 33.8 Å². The molecule has 8 heteroatoms. The zero-order chi connectivity index (χ0) is 18.9. The molecule has 0 aliphatic carbocycles. The first-order valence-corrected chi connectivity index (χ1v) is 8.75. The minimum absolute atomic E-state index is 0. The van der Waals surface area contributed by atoms with Gasteiger partial charge in [-0.05, 0) is 25.0 Å². The first kappa shape index (κ1) is 23.1. The molecule has 150 valence electrons. The highest BCUT2D eigenvalue weighted by Crippen LogP contribution is 2.25. The van der Waals surface area contributed by atoms with Gasteiger partial charge in [-0.15, -0.1) is 24.0 Å². The number of hydrogen-bond donors (Lipinski definition) is 2. The molecule has 0 saturated carbocycles. The number of rotatable bonds is 8. The molecule has 1 aromatic heterocycles. The maximum absolute atomic E-state index is 5.42. The standard InChI is InChI=1S/C19H28N4O3.HI/c1-6-20-19(22-12-16-9-17(13(2)3)23-26-16)21-11-14-7-8-15(24-4)10-18(14)25-5;/h7-10,13H,6,11-12H2,1-5H3,(H2,20,21,22);1H. The second-order valence-electron chi connectivity index (χ2n) is 6.10. The van der Waals surface area contributed by atoms with Crippen LogP contribution in [0.1, 0.15) is 43.7 Å². The Bertz CT molecular complexity index is 731. The Labute approximate surface area is 177 Å². The molecule has 0 fully saturated rings. The first-order chi connectivity index (χ1) is 12.6. The molecule has 0 saturated heterocycles. The monoisotopic (exact) mass is 488 g/mol. The Balaban J connectivity index is 0.00000364. The van der Waals surface area contributed by atoms with E-state index in [9.17, 15) is 0 Å². The van der Waals surface area contributed by atoms with Gasteiger partial charge in [0.2, 0.25) is 0 Å². The number of nitrogens with zero attached hydrogens (tertiary/aromatic N) is 2. The van der Waals surface area contributed by atoms with E-state index >= 15 is 0 Å². The van der Waals surface area contributed by atoms with Crippen LogP contribution in [0.3, 0.4) is 0 Å². The van der Waals surface area contributed by atoms with Gasteiger partial charge in [0.05, 0.1) is 33.0 Å². The van der Waals surface area contributed by atoms with Gasteiger partial charge in [0.1, 0.15) is 11.5 Å². The molecule has 2 N–H and O–H groups in total. The van der Waals surface area contributed by atoms with E-state index in [2.05, 4.69) is 34.6 Å². The van der Waals surface area contributed by atoms with Crippen LogP contribution < -0.4 is 20.1 Å². The smallest absolute Gasteiger partial charge is 0.191 e. The summed E-state index contributed by atoms with van der Waals surface area (Å²) in [4.78, 5) is 4.62. The number of guanidine groups is 1. The number of hydrogen-bond acceptors (Lipinski definition) is 5. The van der Waals surface area contributed by atoms with Crippen molar-refractivity contribution in [2.45, 2.75) is 39.8 Å². The summed E-state index contributed by atoms with van der Waals surface area (Å²) in [6.07, 6.45) is 0. The molecular formula is C19H29IN4O3. The highest BCUT2D eigenvalue weighted by atomic mass is 127. The fourth-order valence-corrected chi connectivity index (χ4v) is 2.34. The van der Waals surface area contributed by atoms with Gasteiger partial charge in [-0.1, -0.05) is 19.0 Å². The van der Waals surface area contributed by atoms with E-state index < -0.39 is 0 Å². The number of nitrogens with one attached hydrogen (secondary N) is 2. The lowest BCUT2D eigenvalue weighted by molar-refractivity contribution is 0.372. The zero-order valence-corrected chi connectivity index (χ0v) is 18.9. The van der Waals surface area contributed by atoms with Gasteiger partial charge >= 0.3 is 0 Å². The molecule has 0 unspecified atom stereocenters. The van der Waals surface area contributed by atoms with Crippen LogP contribution in [-0.2, 0) is 13.1 Å². The summed E-state index contributed by atoms with van der Waals surface area (Å²) in [7, 11) is 3.27. The predicted molar refractivity (Wildman–Crippen MR) is 117 cm³/mol. The van der Waals surface area contributed by atoms with Crippen LogP contribution in [0, 0.1) is 0 Å². The van der Waals surface area contributed by atoms with E-state index in [1.54, 1.807) is 14.2 Å². The van der Waals surface area contributed by atoms with Gasteiger partial charge in [0, 0.05) is 24.2 Å². The first-order valence-electron chi connectivity index (χ1n) is 8.75. The van der Waals surface area contributed by atoms with Crippen molar-refractivity contribution >= 4 is 29.9 Å². The van der Waals surface area contributed by atoms with Crippen molar-refractivity contribution in [3.8, 4) is 11.5 Å². The van der Waals surface area contributed by atoms with E-state index in [1.807, 2.05) is 31.2 Å². The van der Waals surface area contributed by atoms with Gasteiger partial charge in [0.25, 0.3) is 0 Å². The Morgan fingerprint density at radius 1 is 1.19 bits per heavy atom. The number of methoxy groups -OCH3 is 2. The number of halogens is 1. The SMILES string of the molecule is CCNC(=NCc1ccc(OC)cc1OC)NCc1cc(C(C)C)no1.I. The fourth-order valence-electron chi connectivity index (χ4n) is 2.34. The summed E-state index contributed by atoms with van der Waals surface area (Å²) in [5.41, 5.74) is 1.93. The van der Waals surface area contributed by atoms with Crippen molar-refractivity contribution in [2.75, 3.05) is 20.8 Å². The van der Waals surface area contributed by atoms with E-state index in [0.29, 0.717) is 25.0 Å². The maximum Gasteiger partial charge on any atom is 0.191 e. The third-order valence-corrected chi connectivity index (χ3v) is 3.84. The van der Waals surface area contributed by atoms with Crippen LogP contribution in [0.4, 0.5) is 0 Å². The van der Waals surface area contributed by atoms with Gasteiger partial charge in [-0.2, -0.15) is 0 Å².